The van der Waals surface area contributed by atoms with Gasteiger partial charge in [0.2, 0.25) is 0 Å². The molecule has 0 radical (unpaired) electrons. The van der Waals surface area contributed by atoms with Gasteiger partial charge in [-0.2, -0.15) is 0 Å². The maximum atomic E-state index is 2.58. The van der Waals surface area contributed by atoms with Crippen molar-refractivity contribution >= 4 is 0 Å². The molecule has 1 heterocycles. The van der Waals surface area contributed by atoms with Crippen LogP contribution in [0.3, 0.4) is 0 Å². The summed E-state index contributed by atoms with van der Waals surface area (Å²) >= 11 is 0. The minimum atomic E-state index is 0.528. The molecule has 0 amide bonds. The second kappa shape index (κ2) is 3.35. The molecule has 0 aromatic heterocycles. The van der Waals surface area contributed by atoms with E-state index in [1.54, 1.807) is 11.1 Å². The molecule has 106 valence electrons. The van der Waals surface area contributed by atoms with Crippen LogP contribution in [0.15, 0.2) is 48.6 Å². The summed E-state index contributed by atoms with van der Waals surface area (Å²) in [6.45, 7) is 2.64. The number of rotatable bonds is 0. The van der Waals surface area contributed by atoms with Crippen LogP contribution >= 0.6 is 0 Å². The van der Waals surface area contributed by atoms with Gasteiger partial charge in [0.1, 0.15) is 0 Å². The van der Waals surface area contributed by atoms with E-state index >= 15 is 0 Å². The maximum Gasteiger partial charge on any atom is 0.0111 e. The van der Waals surface area contributed by atoms with Crippen molar-refractivity contribution in [2.75, 3.05) is 20.1 Å². The number of allylic oxidation sites excluding steroid dienone is 4. The summed E-state index contributed by atoms with van der Waals surface area (Å²) in [7, 11) is 2.32. The van der Waals surface area contributed by atoms with Crippen LogP contribution in [0.1, 0.15) is 17.0 Å². The largest absolute Gasteiger partial charge is 0.306 e. The van der Waals surface area contributed by atoms with Crippen molar-refractivity contribution in [3.63, 3.8) is 0 Å². The first-order valence-corrected chi connectivity index (χ1v) is 8.46. The van der Waals surface area contributed by atoms with E-state index in [2.05, 4.69) is 60.5 Å². The number of hydrogen-bond donors (Lipinski definition) is 0. The molecule has 1 aliphatic heterocycles. The third-order valence-corrected chi connectivity index (χ3v) is 7.47. The van der Waals surface area contributed by atoms with Gasteiger partial charge in [-0.1, -0.05) is 48.6 Å². The molecule has 4 aliphatic carbocycles. The van der Waals surface area contributed by atoms with Crippen LogP contribution in [0, 0.1) is 29.6 Å². The third kappa shape index (κ3) is 0.981. The van der Waals surface area contributed by atoms with Gasteiger partial charge >= 0.3 is 0 Å². The topological polar surface area (TPSA) is 3.24 Å². The van der Waals surface area contributed by atoms with Gasteiger partial charge in [0, 0.05) is 24.4 Å². The van der Waals surface area contributed by atoms with Crippen LogP contribution in [0.5, 0.6) is 0 Å². The molecule has 1 aromatic carbocycles. The van der Waals surface area contributed by atoms with Crippen LogP contribution < -0.4 is 0 Å². The normalized spacial score (nSPS) is 51.3. The standard InChI is InChI=1S/C20H21N/c1-21-10-15-17(11-21)20-16-9-5-4-8-14(16)18(20)12-6-2-3-7-13(12)19(15)20/h2-9,12-13,15,17-19H,10-11H2,1H3. The van der Waals surface area contributed by atoms with E-state index in [4.69, 9.17) is 0 Å². The molecular formula is C20H21N. The molecule has 1 aromatic rings. The molecule has 3 fully saturated rings. The number of nitrogens with zero attached hydrogens (tertiary/aromatic N) is 1. The molecule has 0 N–H and O–H groups in total. The summed E-state index contributed by atoms with van der Waals surface area (Å²) in [5.41, 5.74) is 3.91. The van der Waals surface area contributed by atoms with Crippen molar-refractivity contribution in [3.05, 3.63) is 59.7 Å². The van der Waals surface area contributed by atoms with E-state index in [9.17, 15) is 0 Å². The highest BCUT2D eigenvalue weighted by Crippen LogP contribution is 2.80. The van der Waals surface area contributed by atoms with Crippen molar-refractivity contribution in [2.45, 2.75) is 11.3 Å². The summed E-state index contributed by atoms with van der Waals surface area (Å²) in [5, 5.41) is 0. The molecule has 21 heavy (non-hydrogen) atoms. The lowest BCUT2D eigenvalue weighted by Crippen LogP contribution is -2.64. The van der Waals surface area contributed by atoms with Gasteiger partial charge in [0.25, 0.3) is 0 Å². The van der Waals surface area contributed by atoms with Crippen molar-refractivity contribution < 1.29 is 0 Å². The molecule has 1 nitrogen and oxygen atoms in total. The first-order chi connectivity index (χ1) is 10.3. The average molecular weight is 275 g/mol. The van der Waals surface area contributed by atoms with Crippen LogP contribution in [-0.4, -0.2) is 25.0 Å². The maximum absolute atomic E-state index is 2.58. The fraction of sp³-hybridized carbons (Fsp3) is 0.500. The predicted octanol–water partition coefficient (Wildman–Crippen LogP) is 3.20. The van der Waals surface area contributed by atoms with Gasteiger partial charge < -0.3 is 4.90 Å². The Morgan fingerprint density at radius 1 is 1.05 bits per heavy atom. The molecule has 7 unspecified atom stereocenters. The first-order valence-electron chi connectivity index (χ1n) is 8.46. The Morgan fingerprint density at radius 3 is 2.76 bits per heavy atom. The van der Waals surface area contributed by atoms with E-state index < -0.39 is 0 Å². The second-order valence-electron chi connectivity index (χ2n) is 7.94. The Kier molecular flexibility index (Phi) is 1.80. The lowest BCUT2D eigenvalue weighted by molar-refractivity contribution is -0.0381. The zero-order chi connectivity index (χ0) is 13.8. The van der Waals surface area contributed by atoms with Gasteiger partial charge in [0.15, 0.2) is 0 Å². The monoisotopic (exact) mass is 275 g/mol. The minimum Gasteiger partial charge on any atom is -0.306 e. The molecule has 0 bridgehead atoms. The van der Waals surface area contributed by atoms with Gasteiger partial charge in [-0.05, 0) is 47.8 Å². The van der Waals surface area contributed by atoms with Crippen molar-refractivity contribution in [2.24, 2.45) is 29.6 Å². The Hall–Kier alpha value is -1.34. The number of hydrogen-bond acceptors (Lipinski definition) is 1. The van der Waals surface area contributed by atoms with Crippen LogP contribution in [0.4, 0.5) is 0 Å². The molecule has 5 aliphatic rings. The summed E-state index contributed by atoms with van der Waals surface area (Å²) in [6, 6.07) is 9.36. The fourth-order valence-electron chi connectivity index (χ4n) is 7.18. The Labute approximate surface area is 126 Å². The summed E-state index contributed by atoms with van der Waals surface area (Å²) in [4.78, 5) is 2.58. The lowest BCUT2D eigenvalue weighted by Gasteiger charge is -2.65. The smallest absolute Gasteiger partial charge is 0.0111 e. The number of likely N-dealkylation sites (tertiary alicyclic amines) is 1. The highest BCUT2D eigenvalue weighted by atomic mass is 15.2. The lowest BCUT2D eigenvalue weighted by atomic mass is 9.37. The number of benzene rings is 1. The Balaban J connectivity index is 1.59. The van der Waals surface area contributed by atoms with Crippen LogP contribution in [-0.2, 0) is 5.41 Å². The molecule has 1 spiro atoms. The van der Waals surface area contributed by atoms with Crippen molar-refractivity contribution in [3.8, 4) is 0 Å². The zero-order valence-electron chi connectivity index (χ0n) is 12.4. The fourth-order valence-corrected chi connectivity index (χ4v) is 7.18. The molecule has 2 saturated carbocycles. The van der Waals surface area contributed by atoms with Crippen LogP contribution in [0.2, 0.25) is 0 Å². The minimum absolute atomic E-state index is 0.528. The van der Waals surface area contributed by atoms with Crippen molar-refractivity contribution in [1.82, 2.24) is 4.90 Å². The Bertz CT molecular complexity index is 702. The van der Waals surface area contributed by atoms with Crippen LogP contribution in [0.25, 0.3) is 0 Å². The first kappa shape index (κ1) is 11.3. The van der Waals surface area contributed by atoms with E-state index in [0.717, 1.165) is 35.5 Å². The van der Waals surface area contributed by atoms with E-state index in [-0.39, 0.29) is 0 Å². The molecular weight excluding hydrogens is 254 g/mol. The Morgan fingerprint density at radius 2 is 1.86 bits per heavy atom. The van der Waals surface area contributed by atoms with Gasteiger partial charge in [-0.15, -0.1) is 0 Å². The zero-order valence-corrected chi connectivity index (χ0v) is 12.4. The summed E-state index contributed by atoms with van der Waals surface area (Å²) in [6.07, 6.45) is 9.65. The quantitative estimate of drug-likeness (QED) is 0.703. The van der Waals surface area contributed by atoms with Gasteiger partial charge in [0.05, 0.1) is 0 Å². The third-order valence-electron chi connectivity index (χ3n) is 7.47. The average Bonchev–Trinajstić information content (AvgIpc) is 2.92. The van der Waals surface area contributed by atoms with E-state index in [1.807, 2.05) is 0 Å². The summed E-state index contributed by atoms with van der Waals surface area (Å²) in [5.74, 6) is 5.12. The van der Waals surface area contributed by atoms with E-state index in [1.165, 1.54) is 13.1 Å². The van der Waals surface area contributed by atoms with Gasteiger partial charge in [-0.25, -0.2) is 0 Å². The SMILES string of the molecule is CN1CC2C(C1)C13c4ccccc4C1C1C=CC=CC1C23. The highest BCUT2D eigenvalue weighted by Gasteiger charge is 2.78. The van der Waals surface area contributed by atoms with Crippen molar-refractivity contribution in [1.29, 1.82) is 0 Å². The molecule has 1 saturated heterocycles. The number of fused-ring (bicyclic) bond motifs is 7. The molecule has 1 heteroatoms. The summed E-state index contributed by atoms with van der Waals surface area (Å²) < 4.78 is 0. The molecule has 6 rings (SSSR count). The van der Waals surface area contributed by atoms with Gasteiger partial charge in [-0.3, -0.25) is 0 Å². The molecule has 7 atom stereocenters. The van der Waals surface area contributed by atoms with E-state index in [0.29, 0.717) is 5.41 Å². The predicted molar refractivity (Wildman–Crippen MR) is 84.1 cm³/mol. The second-order valence-corrected chi connectivity index (χ2v) is 7.94. The highest BCUT2D eigenvalue weighted by molar-refractivity contribution is 5.60.